The highest BCUT2D eigenvalue weighted by Gasteiger charge is 2.19. The fourth-order valence-corrected chi connectivity index (χ4v) is 3.69. The molecule has 0 heterocycles. The van der Waals surface area contributed by atoms with E-state index in [4.69, 9.17) is 11.6 Å². The minimum atomic E-state index is 0.602. The Bertz CT molecular complexity index is 724. The van der Waals surface area contributed by atoms with Crippen LogP contribution in [-0.2, 0) is 0 Å². The van der Waals surface area contributed by atoms with E-state index in [0.717, 1.165) is 17.4 Å². The summed E-state index contributed by atoms with van der Waals surface area (Å²) in [5.74, 6) is 1.62. The number of aliphatic imine (C=N–C) groups is 1. The van der Waals surface area contributed by atoms with E-state index in [9.17, 15) is 0 Å². The van der Waals surface area contributed by atoms with Crippen molar-refractivity contribution in [3.63, 3.8) is 0 Å². The molecule has 2 aromatic carbocycles. The van der Waals surface area contributed by atoms with Crippen molar-refractivity contribution >= 4 is 34.7 Å². The summed E-state index contributed by atoms with van der Waals surface area (Å²) in [5, 5.41) is 2.96. The van der Waals surface area contributed by atoms with Gasteiger partial charge in [-0.2, -0.15) is 4.99 Å². The first kappa shape index (κ1) is 16.4. The highest BCUT2D eigenvalue weighted by molar-refractivity contribution is 7.78. The molecular weight excluding hydrogens is 322 g/mol. The lowest BCUT2D eigenvalue weighted by molar-refractivity contribution is 0.348. The molecule has 0 bridgehead atoms. The van der Waals surface area contributed by atoms with Crippen molar-refractivity contribution < 1.29 is 0 Å². The maximum Gasteiger partial charge on any atom is 0.0926 e. The van der Waals surface area contributed by atoms with Crippen LogP contribution in [0.3, 0.4) is 0 Å². The highest BCUT2D eigenvalue weighted by atomic mass is 35.5. The number of isothiocyanates is 1. The Morgan fingerprint density at radius 1 is 1.00 bits per heavy atom. The van der Waals surface area contributed by atoms with Crippen molar-refractivity contribution in [1.29, 1.82) is 0 Å². The molecule has 3 heteroatoms. The SMILES string of the molecule is CC1CCC(c2ccc(-c3ccc(N=C=S)c(Cl)c3)cc2)CC1. The zero-order chi connectivity index (χ0) is 16.2. The molecule has 0 unspecified atom stereocenters. The van der Waals surface area contributed by atoms with Crippen LogP contribution in [0.2, 0.25) is 5.02 Å². The minimum absolute atomic E-state index is 0.602. The summed E-state index contributed by atoms with van der Waals surface area (Å²) in [6, 6.07) is 14.8. The van der Waals surface area contributed by atoms with Crippen LogP contribution >= 0.6 is 23.8 Å². The van der Waals surface area contributed by atoms with Crippen LogP contribution in [0.1, 0.15) is 44.1 Å². The number of halogens is 1. The van der Waals surface area contributed by atoms with Gasteiger partial charge < -0.3 is 0 Å². The van der Waals surface area contributed by atoms with Gasteiger partial charge in [-0.1, -0.05) is 61.7 Å². The topological polar surface area (TPSA) is 12.4 Å². The first-order valence-corrected chi connectivity index (χ1v) is 8.93. The second-order valence-electron chi connectivity index (χ2n) is 6.45. The predicted molar refractivity (Wildman–Crippen MR) is 102 cm³/mol. The van der Waals surface area contributed by atoms with Gasteiger partial charge >= 0.3 is 0 Å². The molecule has 0 aromatic heterocycles. The first-order valence-electron chi connectivity index (χ1n) is 8.15. The van der Waals surface area contributed by atoms with E-state index in [0.29, 0.717) is 10.7 Å². The van der Waals surface area contributed by atoms with Gasteiger partial charge in [-0.15, -0.1) is 0 Å². The number of hydrogen-bond donors (Lipinski definition) is 0. The van der Waals surface area contributed by atoms with Crippen molar-refractivity contribution in [2.24, 2.45) is 10.9 Å². The zero-order valence-corrected chi connectivity index (χ0v) is 14.8. The van der Waals surface area contributed by atoms with Crippen molar-refractivity contribution in [2.75, 3.05) is 0 Å². The molecular formula is C20H20ClNS. The Hall–Kier alpha value is -1.47. The number of benzene rings is 2. The number of rotatable bonds is 3. The lowest BCUT2D eigenvalue weighted by Gasteiger charge is -2.26. The Morgan fingerprint density at radius 3 is 2.26 bits per heavy atom. The van der Waals surface area contributed by atoms with Crippen LogP contribution in [0.25, 0.3) is 11.1 Å². The maximum atomic E-state index is 6.24. The number of nitrogens with zero attached hydrogens (tertiary/aromatic N) is 1. The van der Waals surface area contributed by atoms with Crippen LogP contribution in [0.15, 0.2) is 47.5 Å². The van der Waals surface area contributed by atoms with Gasteiger partial charge in [0.25, 0.3) is 0 Å². The van der Waals surface area contributed by atoms with E-state index in [1.54, 1.807) is 0 Å². The third-order valence-corrected chi connectivity index (χ3v) is 5.24. The summed E-state index contributed by atoms with van der Waals surface area (Å²) in [6.45, 7) is 2.36. The molecule has 0 spiro atoms. The van der Waals surface area contributed by atoms with Gasteiger partial charge in [0.05, 0.1) is 15.9 Å². The predicted octanol–water partition coefficient (Wildman–Crippen LogP) is 7.04. The van der Waals surface area contributed by atoms with Crippen molar-refractivity contribution in [1.82, 2.24) is 0 Å². The third-order valence-electron chi connectivity index (χ3n) is 4.85. The molecule has 0 amide bonds. The fraction of sp³-hybridized carbons (Fsp3) is 0.350. The standard InChI is InChI=1S/C20H20ClNS/c1-14-2-4-15(5-3-14)16-6-8-17(9-7-16)18-10-11-20(22-13-23)19(21)12-18/h6-12,14-15H,2-5H2,1H3. The third kappa shape index (κ3) is 3.90. The van der Waals surface area contributed by atoms with Gasteiger partial charge in [0.2, 0.25) is 0 Å². The lowest BCUT2D eigenvalue weighted by Crippen LogP contribution is -2.10. The van der Waals surface area contributed by atoms with Gasteiger partial charge in [-0.3, -0.25) is 0 Å². The summed E-state index contributed by atoms with van der Waals surface area (Å²) in [5.41, 5.74) is 4.41. The van der Waals surface area contributed by atoms with E-state index < -0.39 is 0 Å². The Balaban J connectivity index is 1.79. The van der Waals surface area contributed by atoms with Crippen LogP contribution < -0.4 is 0 Å². The van der Waals surface area contributed by atoms with Crippen molar-refractivity contribution in [2.45, 2.75) is 38.5 Å². The van der Waals surface area contributed by atoms with E-state index >= 15 is 0 Å². The van der Waals surface area contributed by atoms with Gasteiger partial charge in [-0.05, 0) is 65.7 Å². The highest BCUT2D eigenvalue weighted by Crippen LogP contribution is 2.36. The minimum Gasteiger partial charge on any atom is -0.193 e. The fourth-order valence-electron chi connectivity index (χ4n) is 3.37. The smallest absolute Gasteiger partial charge is 0.0926 e. The molecule has 1 aliphatic carbocycles. The van der Waals surface area contributed by atoms with E-state index in [1.165, 1.54) is 36.8 Å². The van der Waals surface area contributed by atoms with E-state index in [1.807, 2.05) is 18.2 Å². The quantitative estimate of drug-likeness (QED) is 0.431. The van der Waals surface area contributed by atoms with Crippen LogP contribution in [-0.4, -0.2) is 5.16 Å². The normalized spacial score (nSPS) is 20.8. The summed E-state index contributed by atoms with van der Waals surface area (Å²) in [6.07, 6.45) is 5.33. The molecule has 0 aliphatic heterocycles. The number of thiocarbonyl (C=S) groups is 1. The average Bonchev–Trinajstić information content (AvgIpc) is 2.58. The molecule has 0 atom stereocenters. The van der Waals surface area contributed by atoms with Crippen LogP contribution in [0, 0.1) is 5.92 Å². The molecule has 1 aliphatic rings. The van der Waals surface area contributed by atoms with Gasteiger partial charge in [-0.25, -0.2) is 0 Å². The molecule has 2 aromatic rings. The summed E-state index contributed by atoms with van der Waals surface area (Å²) in [7, 11) is 0. The van der Waals surface area contributed by atoms with E-state index in [-0.39, 0.29) is 0 Å². The second kappa shape index (κ2) is 7.40. The second-order valence-corrected chi connectivity index (χ2v) is 7.04. The van der Waals surface area contributed by atoms with Gasteiger partial charge in [0.15, 0.2) is 0 Å². The Morgan fingerprint density at radius 2 is 1.65 bits per heavy atom. The summed E-state index contributed by atoms with van der Waals surface area (Å²) >= 11 is 10.9. The molecule has 0 N–H and O–H groups in total. The summed E-state index contributed by atoms with van der Waals surface area (Å²) < 4.78 is 0. The van der Waals surface area contributed by atoms with E-state index in [2.05, 4.69) is 53.6 Å². The zero-order valence-electron chi connectivity index (χ0n) is 13.3. The summed E-state index contributed by atoms with van der Waals surface area (Å²) in [4.78, 5) is 3.96. The molecule has 1 nitrogen and oxygen atoms in total. The first-order chi connectivity index (χ1) is 11.2. The molecule has 0 saturated heterocycles. The molecule has 1 fully saturated rings. The Kier molecular flexibility index (Phi) is 5.27. The Labute approximate surface area is 148 Å². The maximum absolute atomic E-state index is 6.24. The molecule has 0 radical (unpaired) electrons. The van der Waals surface area contributed by atoms with Crippen molar-refractivity contribution in [3.05, 3.63) is 53.1 Å². The molecule has 3 rings (SSSR count). The molecule has 118 valence electrons. The van der Waals surface area contributed by atoms with Crippen LogP contribution in [0.5, 0.6) is 0 Å². The average molecular weight is 342 g/mol. The molecule has 23 heavy (non-hydrogen) atoms. The van der Waals surface area contributed by atoms with Gasteiger partial charge in [0.1, 0.15) is 0 Å². The number of hydrogen-bond acceptors (Lipinski definition) is 2. The van der Waals surface area contributed by atoms with Gasteiger partial charge in [0, 0.05) is 0 Å². The van der Waals surface area contributed by atoms with Crippen LogP contribution in [0.4, 0.5) is 5.69 Å². The largest absolute Gasteiger partial charge is 0.193 e. The monoisotopic (exact) mass is 341 g/mol. The van der Waals surface area contributed by atoms with Crippen molar-refractivity contribution in [3.8, 4) is 11.1 Å². The lowest BCUT2D eigenvalue weighted by atomic mass is 9.79. The molecule has 1 saturated carbocycles.